The molecule has 1 rings (SSSR count). The van der Waals surface area contributed by atoms with Gasteiger partial charge in [-0.25, -0.2) is 4.98 Å². The van der Waals surface area contributed by atoms with E-state index in [4.69, 9.17) is 16.3 Å². The van der Waals surface area contributed by atoms with Gasteiger partial charge in [0, 0.05) is 36.0 Å². The summed E-state index contributed by atoms with van der Waals surface area (Å²) in [7, 11) is 0. The standard InChI is InChI=1S/C11H20ClN3OS/c1-11(2,3)9-14-10(17-15-9)13-6-4-7-16-8-5-12/h4-8H2,1-3H3,(H,13,14,15). The molecule has 1 aromatic rings. The van der Waals surface area contributed by atoms with Gasteiger partial charge < -0.3 is 10.1 Å². The Morgan fingerprint density at radius 2 is 2.12 bits per heavy atom. The first-order valence-electron chi connectivity index (χ1n) is 5.76. The van der Waals surface area contributed by atoms with Crippen molar-refractivity contribution in [3.63, 3.8) is 0 Å². The van der Waals surface area contributed by atoms with Gasteiger partial charge in [-0.2, -0.15) is 4.37 Å². The second kappa shape index (κ2) is 7.13. The van der Waals surface area contributed by atoms with Crippen LogP contribution >= 0.6 is 23.1 Å². The molecule has 0 atom stereocenters. The van der Waals surface area contributed by atoms with E-state index in [1.807, 2.05) is 0 Å². The third-order valence-corrected chi connectivity index (χ3v) is 2.89. The lowest BCUT2D eigenvalue weighted by atomic mass is 9.96. The van der Waals surface area contributed by atoms with Crippen molar-refractivity contribution >= 4 is 28.3 Å². The summed E-state index contributed by atoms with van der Waals surface area (Å²) in [4.78, 5) is 4.45. The molecule has 0 aliphatic carbocycles. The highest BCUT2D eigenvalue weighted by Crippen LogP contribution is 2.22. The van der Waals surface area contributed by atoms with Crippen molar-refractivity contribution in [1.82, 2.24) is 9.36 Å². The van der Waals surface area contributed by atoms with Gasteiger partial charge in [-0.15, -0.1) is 11.6 Å². The molecule has 0 aromatic carbocycles. The average Bonchev–Trinajstić information content (AvgIpc) is 2.71. The molecule has 0 spiro atoms. The number of nitrogens with zero attached hydrogens (tertiary/aromatic N) is 2. The highest BCUT2D eigenvalue weighted by molar-refractivity contribution is 7.09. The quantitative estimate of drug-likeness (QED) is 0.615. The number of hydrogen-bond acceptors (Lipinski definition) is 5. The van der Waals surface area contributed by atoms with Crippen LogP contribution in [-0.4, -0.2) is 35.0 Å². The van der Waals surface area contributed by atoms with Gasteiger partial charge in [0.25, 0.3) is 0 Å². The average molecular weight is 278 g/mol. The monoisotopic (exact) mass is 277 g/mol. The summed E-state index contributed by atoms with van der Waals surface area (Å²) in [5, 5.41) is 4.13. The van der Waals surface area contributed by atoms with Gasteiger partial charge in [0.05, 0.1) is 6.61 Å². The minimum Gasteiger partial charge on any atom is -0.380 e. The number of nitrogens with one attached hydrogen (secondary N) is 1. The first-order chi connectivity index (χ1) is 8.04. The molecule has 0 aliphatic rings. The Morgan fingerprint density at radius 1 is 1.35 bits per heavy atom. The smallest absolute Gasteiger partial charge is 0.202 e. The number of halogens is 1. The Hall–Kier alpha value is -0.390. The van der Waals surface area contributed by atoms with Crippen LogP contribution < -0.4 is 5.32 Å². The lowest BCUT2D eigenvalue weighted by Crippen LogP contribution is -2.13. The van der Waals surface area contributed by atoms with Crippen molar-refractivity contribution in [3.05, 3.63) is 5.82 Å². The minimum absolute atomic E-state index is 0.0138. The van der Waals surface area contributed by atoms with Gasteiger partial charge in [0.15, 0.2) is 0 Å². The van der Waals surface area contributed by atoms with Gasteiger partial charge in [-0.1, -0.05) is 20.8 Å². The maximum Gasteiger partial charge on any atom is 0.202 e. The lowest BCUT2D eigenvalue weighted by molar-refractivity contribution is 0.149. The highest BCUT2D eigenvalue weighted by atomic mass is 35.5. The maximum atomic E-state index is 5.50. The summed E-state index contributed by atoms with van der Waals surface area (Å²) >= 11 is 6.91. The number of anilines is 1. The van der Waals surface area contributed by atoms with E-state index >= 15 is 0 Å². The second-order valence-electron chi connectivity index (χ2n) is 4.75. The zero-order chi connectivity index (χ0) is 12.7. The molecule has 0 radical (unpaired) electrons. The molecule has 4 nitrogen and oxygen atoms in total. The van der Waals surface area contributed by atoms with Crippen LogP contribution in [0.1, 0.15) is 33.0 Å². The topological polar surface area (TPSA) is 47.0 Å². The van der Waals surface area contributed by atoms with E-state index in [0.29, 0.717) is 12.5 Å². The normalized spacial score (nSPS) is 11.8. The van der Waals surface area contributed by atoms with Gasteiger partial charge in [-0.05, 0) is 6.42 Å². The van der Waals surface area contributed by atoms with Crippen LogP contribution in [-0.2, 0) is 10.2 Å². The highest BCUT2D eigenvalue weighted by Gasteiger charge is 2.19. The van der Waals surface area contributed by atoms with Crippen LogP contribution in [0, 0.1) is 0 Å². The van der Waals surface area contributed by atoms with Crippen LogP contribution in [0.2, 0.25) is 0 Å². The Morgan fingerprint density at radius 3 is 2.71 bits per heavy atom. The molecular formula is C11H20ClN3OS. The zero-order valence-corrected chi connectivity index (χ0v) is 12.2. The van der Waals surface area contributed by atoms with Crippen molar-refractivity contribution in [1.29, 1.82) is 0 Å². The molecule has 1 N–H and O–H groups in total. The number of alkyl halides is 1. The summed E-state index contributed by atoms with van der Waals surface area (Å²) in [5.41, 5.74) is 0.0138. The van der Waals surface area contributed by atoms with Crippen molar-refractivity contribution in [3.8, 4) is 0 Å². The summed E-state index contributed by atoms with van der Waals surface area (Å²) in [5.74, 6) is 1.45. The molecule has 98 valence electrons. The van der Waals surface area contributed by atoms with E-state index in [1.165, 1.54) is 11.5 Å². The van der Waals surface area contributed by atoms with E-state index in [2.05, 4.69) is 35.4 Å². The van der Waals surface area contributed by atoms with Gasteiger partial charge in [-0.3, -0.25) is 0 Å². The predicted octanol–water partition coefficient (Wildman–Crippen LogP) is 2.89. The molecule has 0 fully saturated rings. The predicted molar refractivity (Wildman–Crippen MR) is 73.3 cm³/mol. The largest absolute Gasteiger partial charge is 0.380 e. The van der Waals surface area contributed by atoms with E-state index in [-0.39, 0.29) is 5.41 Å². The molecule has 0 aliphatic heterocycles. The molecule has 6 heteroatoms. The van der Waals surface area contributed by atoms with Crippen LogP contribution in [0.25, 0.3) is 0 Å². The Kier molecular flexibility index (Phi) is 6.16. The van der Waals surface area contributed by atoms with Gasteiger partial charge >= 0.3 is 0 Å². The summed E-state index contributed by atoms with van der Waals surface area (Å²) in [6.07, 6.45) is 0.946. The van der Waals surface area contributed by atoms with Gasteiger partial charge in [0.1, 0.15) is 5.82 Å². The Balaban J connectivity index is 2.21. The van der Waals surface area contributed by atoms with Crippen LogP contribution in [0.15, 0.2) is 0 Å². The molecule has 0 amide bonds. The van der Waals surface area contributed by atoms with Crippen molar-refractivity contribution in [2.45, 2.75) is 32.6 Å². The van der Waals surface area contributed by atoms with Crippen molar-refractivity contribution < 1.29 is 4.74 Å². The fourth-order valence-electron chi connectivity index (χ4n) is 1.13. The third kappa shape index (κ3) is 5.66. The number of aromatic nitrogens is 2. The number of rotatable bonds is 7. The van der Waals surface area contributed by atoms with Gasteiger partial charge in [0.2, 0.25) is 5.13 Å². The fraction of sp³-hybridized carbons (Fsp3) is 0.818. The molecule has 1 heterocycles. The van der Waals surface area contributed by atoms with E-state index in [1.54, 1.807) is 0 Å². The summed E-state index contributed by atoms with van der Waals surface area (Å²) < 4.78 is 9.61. The summed E-state index contributed by atoms with van der Waals surface area (Å²) in [6, 6.07) is 0. The second-order valence-corrected chi connectivity index (χ2v) is 5.88. The molecule has 1 aromatic heterocycles. The van der Waals surface area contributed by atoms with Crippen LogP contribution in [0.4, 0.5) is 5.13 Å². The van der Waals surface area contributed by atoms with Crippen LogP contribution in [0.5, 0.6) is 0 Å². The number of hydrogen-bond donors (Lipinski definition) is 1. The first kappa shape index (κ1) is 14.7. The number of ether oxygens (including phenoxy) is 1. The van der Waals surface area contributed by atoms with E-state index in [9.17, 15) is 0 Å². The zero-order valence-electron chi connectivity index (χ0n) is 10.6. The molecule has 0 saturated carbocycles. The summed E-state index contributed by atoms with van der Waals surface area (Å²) in [6.45, 7) is 8.52. The van der Waals surface area contributed by atoms with Crippen LogP contribution in [0.3, 0.4) is 0 Å². The van der Waals surface area contributed by atoms with Crippen molar-refractivity contribution in [2.24, 2.45) is 0 Å². The Labute approximate surface area is 112 Å². The van der Waals surface area contributed by atoms with E-state index < -0.39 is 0 Å². The minimum atomic E-state index is 0.0138. The first-order valence-corrected chi connectivity index (χ1v) is 7.06. The molecule has 17 heavy (non-hydrogen) atoms. The molecule has 0 unspecified atom stereocenters. The molecular weight excluding hydrogens is 258 g/mol. The maximum absolute atomic E-state index is 5.50. The molecule has 0 saturated heterocycles. The lowest BCUT2D eigenvalue weighted by Gasteiger charge is -2.12. The Bertz CT molecular complexity index is 325. The molecule has 0 bridgehead atoms. The fourth-order valence-corrected chi connectivity index (χ4v) is 2.02. The van der Waals surface area contributed by atoms with Crippen molar-refractivity contribution in [2.75, 3.05) is 31.0 Å². The SMILES string of the molecule is CC(C)(C)c1nsc(NCCCOCCCl)n1. The third-order valence-electron chi connectivity index (χ3n) is 2.06. The van der Waals surface area contributed by atoms with E-state index in [0.717, 1.165) is 30.5 Å².